The molecule has 3 aromatic carbocycles. The summed E-state index contributed by atoms with van der Waals surface area (Å²) in [5, 5.41) is 11.4. The fourth-order valence-corrected chi connectivity index (χ4v) is 3.31. The Kier molecular flexibility index (Phi) is 7.24. The molecule has 32 heavy (non-hydrogen) atoms. The Bertz CT molecular complexity index is 1160. The third kappa shape index (κ3) is 5.80. The molecule has 160 valence electrons. The molecule has 0 aliphatic heterocycles. The maximum absolute atomic E-state index is 10.2. The fraction of sp³-hybridized carbons (Fsp3) is 0.111. The summed E-state index contributed by atoms with van der Waals surface area (Å²) in [7, 11) is 0. The van der Waals surface area contributed by atoms with E-state index < -0.39 is 6.10 Å². The van der Waals surface area contributed by atoms with Crippen molar-refractivity contribution in [2.24, 2.45) is 0 Å². The Hall–Kier alpha value is -3.96. The first-order valence-electron chi connectivity index (χ1n) is 10.5. The Morgan fingerprint density at radius 2 is 1.44 bits per heavy atom. The SMILES string of the molecule is OC(COc1ccccc1)Cn1ccnc1-c1ccccc1.c1ccc2ncccc2c1. The molecule has 5 heteroatoms. The number of aromatic nitrogens is 3. The molecule has 2 heterocycles. The van der Waals surface area contributed by atoms with Crippen molar-refractivity contribution in [1.29, 1.82) is 0 Å². The predicted octanol–water partition coefficient (Wildman–Crippen LogP) is 5.22. The molecular weight excluding hydrogens is 398 g/mol. The zero-order chi connectivity index (χ0) is 22.0. The van der Waals surface area contributed by atoms with E-state index in [1.807, 2.05) is 102 Å². The first-order chi connectivity index (χ1) is 15.8. The molecule has 0 amide bonds. The number of aliphatic hydroxyl groups excluding tert-OH is 1. The van der Waals surface area contributed by atoms with E-state index in [2.05, 4.69) is 22.1 Å². The number of para-hydroxylation sites is 2. The highest BCUT2D eigenvalue weighted by Crippen LogP contribution is 2.17. The van der Waals surface area contributed by atoms with Crippen LogP contribution in [0.4, 0.5) is 0 Å². The van der Waals surface area contributed by atoms with Gasteiger partial charge in [-0.15, -0.1) is 0 Å². The molecule has 5 aromatic rings. The first-order valence-corrected chi connectivity index (χ1v) is 10.5. The van der Waals surface area contributed by atoms with Gasteiger partial charge in [0, 0.05) is 29.5 Å². The van der Waals surface area contributed by atoms with Gasteiger partial charge in [0.25, 0.3) is 0 Å². The van der Waals surface area contributed by atoms with Crippen LogP contribution in [0.2, 0.25) is 0 Å². The monoisotopic (exact) mass is 423 g/mol. The van der Waals surface area contributed by atoms with E-state index in [0.29, 0.717) is 6.54 Å². The largest absolute Gasteiger partial charge is 0.491 e. The number of benzene rings is 3. The highest BCUT2D eigenvalue weighted by atomic mass is 16.5. The zero-order valence-electron chi connectivity index (χ0n) is 17.7. The lowest BCUT2D eigenvalue weighted by atomic mass is 10.2. The van der Waals surface area contributed by atoms with E-state index in [1.54, 1.807) is 6.20 Å². The van der Waals surface area contributed by atoms with E-state index in [9.17, 15) is 5.11 Å². The van der Waals surface area contributed by atoms with Gasteiger partial charge in [0.05, 0.1) is 12.1 Å². The molecule has 0 aliphatic rings. The maximum Gasteiger partial charge on any atom is 0.139 e. The summed E-state index contributed by atoms with van der Waals surface area (Å²) in [6.07, 6.45) is 4.82. The fourth-order valence-electron chi connectivity index (χ4n) is 3.31. The van der Waals surface area contributed by atoms with E-state index in [0.717, 1.165) is 22.7 Å². The van der Waals surface area contributed by atoms with Crippen molar-refractivity contribution < 1.29 is 9.84 Å². The van der Waals surface area contributed by atoms with Crippen LogP contribution < -0.4 is 4.74 Å². The summed E-state index contributed by atoms with van der Waals surface area (Å²) < 4.78 is 7.52. The molecule has 1 atom stereocenters. The van der Waals surface area contributed by atoms with Gasteiger partial charge in [0.2, 0.25) is 0 Å². The summed E-state index contributed by atoms with van der Waals surface area (Å²) in [4.78, 5) is 8.55. The van der Waals surface area contributed by atoms with Crippen LogP contribution in [0.25, 0.3) is 22.3 Å². The Morgan fingerprint density at radius 3 is 2.22 bits per heavy atom. The number of aliphatic hydroxyl groups is 1. The zero-order valence-corrected chi connectivity index (χ0v) is 17.7. The van der Waals surface area contributed by atoms with Crippen LogP contribution in [-0.4, -0.2) is 32.4 Å². The summed E-state index contributed by atoms with van der Waals surface area (Å²) in [5.41, 5.74) is 2.09. The van der Waals surface area contributed by atoms with Crippen LogP contribution >= 0.6 is 0 Å². The molecule has 5 nitrogen and oxygen atoms in total. The molecule has 0 fully saturated rings. The Morgan fingerprint density at radius 1 is 0.750 bits per heavy atom. The van der Waals surface area contributed by atoms with Crippen molar-refractivity contribution in [3.8, 4) is 17.1 Å². The quantitative estimate of drug-likeness (QED) is 0.407. The summed E-state index contributed by atoms with van der Waals surface area (Å²) >= 11 is 0. The average Bonchev–Trinajstić information content (AvgIpc) is 3.32. The highest BCUT2D eigenvalue weighted by molar-refractivity contribution is 5.77. The normalized spacial score (nSPS) is 11.4. The van der Waals surface area contributed by atoms with E-state index in [1.165, 1.54) is 5.39 Å². The van der Waals surface area contributed by atoms with Crippen LogP contribution in [-0.2, 0) is 6.54 Å². The molecule has 0 aliphatic carbocycles. The molecule has 1 N–H and O–H groups in total. The van der Waals surface area contributed by atoms with Gasteiger partial charge in [-0.1, -0.05) is 72.8 Å². The van der Waals surface area contributed by atoms with Crippen molar-refractivity contribution in [2.75, 3.05) is 6.61 Å². The summed E-state index contributed by atoms with van der Waals surface area (Å²) in [6.45, 7) is 0.688. The number of ether oxygens (including phenoxy) is 1. The van der Waals surface area contributed by atoms with Gasteiger partial charge < -0.3 is 14.4 Å². The van der Waals surface area contributed by atoms with E-state index in [-0.39, 0.29) is 6.61 Å². The molecule has 2 aromatic heterocycles. The van der Waals surface area contributed by atoms with Gasteiger partial charge >= 0.3 is 0 Å². The number of hydrogen-bond donors (Lipinski definition) is 1. The first kappa shape index (κ1) is 21.3. The lowest BCUT2D eigenvalue weighted by Crippen LogP contribution is -2.23. The molecule has 0 bridgehead atoms. The van der Waals surface area contributed by atoms with Crippen molar-refractivity contribution in [3.63, 3.8) is 0 Å². The third-order valence-corrected chi connectivity index (χ3v) is 4.85. The number of hydrogen-bond acceptors (Lipinski definition) is 4. The second kappa shape index (κ2) is 10.9. The second-order valence-electron chi connectivity index (χ2n) is 7.24. The van der Waals surface area contributed by atoms with Crippen molar-refractivity contribution in [2.45, 2.75) is 12.6 Å². The molecule has 0 saturated heterocycles. The highest BCUT2D eigenvalue weighted by Gasteiger charge is 2.11. The lowest BCUT2D eigenvalue weighted by molar-refractivity contribution is 0.0929. The number of imidazole rings is 1. The van der Waals surface area contributed by atoms with Gasteiger partial charge in [0.15, 0.2) is 0 Å². The Labute approximate surface area is 187 Å². The summed E-state index contributed by atoms with van der Waals surface area (Å²) in [6, 6.07) is 31.5. The van der Waals surface area contributed by atoms with E-state index in [4.69, 9.17) is 4.74 Å². The summed E-state index contributed by atoms with van der Waals surface area (Å²) in [5.74, 6) is 1.61. The predicted molar refractivity (Wildman–Crippen MR) is 127 cm³/mol. The standard InChI is InChI=1S/C18H18N2O2.C9H7N/c21-16(14-22-17-9-5-2-6-10-17)13-20-12-11-19-18(20)15-7-3-1-4-8-15;1-2-6-9-8(4-1)5-3-7-10-9/h1-12,16,21H,13-14H2;1-7H. The van der Waals surface area contributed by atoms with Crippen molar-refractivity contribution in [1.82, 2.24) is 14.5 Å². The van der Waals surface area contributed by atoms with E-state index >= 15 is 0 Å². The van der Waals surface area contributed by atoms with Crippen LogP contribution in [0, 0.1) is 0 Å². The molecule has 0 saturated carbocycles. The minimum atomic E-state index is -0.600. The van der Waals surface area contributed by atoms with Crippen molar-refractivity contribution >= 4 is 10.9 Å². The smallest absolute Gasteiger partial charge is 0.139 e. The molecule has 0 radical (unpaired) electrons. The molecule has 1 unspecified atom stereocenters. The lowest BCUT2D eigenvalue weighted by Gasteiger charge is -2.14. The third-order valence-electron chi connectivity index (χ3n) is 4.85. The van der Waals surface area contributed by atoms with Crippen molar-refractivity contribution in [3.05, 3.63) is 116 Å². The van der Waals surface area contributed by atoms with Gasteiger partial charge in [-0.3, -0.25) is 4.98 Å². The average molecular weight is 424 g/mol. The number of rotatable bonds is 6. The van der Waals surface area contributed by atoms with Gasteiger partial charge in [-0.05, 0) is 24.3 Å². The molecular formula is C27H25N3O2. The van der Waals surface area contributed by atoms with Crippen LogP contribution in [0.15, 0.2) is 116 Å². The molecule has 0 spiro atoms. The minimum Gasteiger partial charge on any atom is -0.491 e. The van der Waals surface area contributed by atoms with Gasteiger partial charge in [-0.25, -0.2) is 4.98 Å². The topological polar surface area (TPSA) is 60.2 Å². The number of nitrogens with zero attached hydrogens (tertiary/aromatic N) is 3. The number of fused-ring (bicyclic) bond motifs is 1. The van der Waals surface area contributed by atoms with Crippen LogP contribution in [0.5, 0.6) is 5.75 Å². The Balaban J connectivity index is 0.000000203. The van der Waals surface area contributed by atoms with Gasteiger partial charge in [-0.2, -0.15) is 0 Å². The van der Waals surface area contributed by atoms with Crippen LogP contribution in [0.3, 0.4) is 0 Å². The van der Waals surface area contributed by atoms with Gasteiger partial charge in [0.1, 0.15) is 24.3 Å². The second-order valence-corrected chi connectivity index (χ2v) is 7.24. The van der Waals surface area contributed by atoms with Crippen LogP contribution in [0.1, 0.15) is 0 Å². The minimum absolute atomic E-state index is 0.246. The molecule has 5 rings (SSSR count). The number of pyridine rings is 1. The maximum atomic E-state index is 10.2.